The summed E-state index contributed by atoms with van der Waals surface area (Å²) < 4.78 is 22.6. The van der Waals surface area contributed by atoms with Crippen LogP contribution in [0.4, 0.5) is 4.79 Å². The number of amides is 3. The van der Waals surface area contributed by atoms with E-state index < -0.39 is 44.1 Å². The number of fused-ring (bicyclic) bond motifs is 1. The number of Topliss-reactive ketones (excluding diaryl/α,β-unsaturated/α-hetero) is 2. The Hall–Kier alpha value is -2.27. The number of hydrogen-bond donors (Lipinski definition) is 3. The van der Waals surface area contributed by atoms with Crippen LogP contribution < -0.4 is 15.8 Å². The van der Waals surface area contributed by atoms with Crippen LogP contribution in [0, 0.1) is 5.92 Å². The molecule has 11 heteroatoms. The normalized spacial score (nSPS) is 30.4. The van der Waals surface area contributed by atoms with Crippen LogP contribution in [0.25, 0.3) is 0 Å². The molecule has 0 aromatic rings. The van der Waals surface area contributed by atoms with E-state index in [1.165, 1.54) is 11.8 Å². The van der Waals surface area contributed by atoms with Gasteiger partial charge in [0.15, 0.2) is 5.78 Å². The van der Waals surface area contributed by atoms with Crippen molar-refractivity contribution in [2.45, 2.75) is 74.6 Å². The summed E-state index contributed by atoms with van der Waals surface area (Å²) in [7, 11) is -2.50. The molecule has 0 radical (unpaired) electrons. The Bertz CT molecular complexity index is 942. The van der Waals surface area contributed by atoms with Crippen molar-refractivity contribution in [3.05, 3.63) is 12.2 Å². The quantitative estimate of drug-likeness (QED) is 0.478. The van der Waals surface area contributed by atoms with Gasteiger partial charge in [-0.05, 0) is 51.9 Å². The van der Waals surface area contributed by atoms with Crippen LogP contribution in [0.5, 0.6) is 0 Å². The average molecular weight is 469 g/mol. The van der Waals surface area contributed by atoms with E-state index in [4.69, 9.17) is 5.14 Å². The van der Waals surface area contributed by atoms with Crippen LogP contribution in [0.15, 0.2) is 12.2 Å². The smallest absolute Gasteiger partial charge is 0.317 e. The number of nitrogens with two attached hydrogens (primary N) is 1. The maximum Gasteiger partial charge on any atom is 0.317 e. The average Bonchev–Trinajstić information content (AvgIpc) is 3.61. The van der Waals surface area contributed by atoms with Crippen LogP contribution in [-0.4, -0.2) is 66.7 Å². The molecule has 2 saturated carbocycles. The van der Waals surface area contributed by atoms with E-state index >= 15 is 0 Å². The summed E-state index contributed by atoms with van der Waals surface area (Å²) >= 11 is 0. The Morgan fingerprint density at radius 3 is 2.53 bits per heavy atom. The van der Waals surface area contributed by atoms with Crippen molar-refractivity contribution in [1.29, 1.82) is 0 Å². The first kappa shape index (κ1) is 24.4. The highest BCUT2D eigenvalue weighted by Gasteiger charge is 2.71. The summed E-state index contributed by atoms with van der Waals surface area (Å²) in [6.07, 6.45) is 6.83. The van der Waals surface area contributed by atoms with E-state index in [1.807, 2.05) is 12.2 Å². The third kappa shape index (κ3) is 4.88. The zero-order chi connectivity index (χ0) is 23.7. The van der Waals surface area contributed by atoms with Crippen LogP contribution in [0.2, 0.25) is 0 Å². The molecule has 0 saturated heterocycles. The van der Waals surface area contributed by atoms with Gasteiger partial charge in [0, 0.05) is 25.9 Å². The first-order chi connectivity index (χ1) is 14.9. The van der Waals surface area contributed by atoms with Crippen molar-refractivity contribution in [1.82, 2.24) is 15.5 Å². The van der Waals surface area contributed by atoms with Gasteiger partial charge in [0.05, 0.1) is 0 Å². The lowest BCUT2D eigenvalue weighted by Gasteiger charge is -2.27. The van der Waals surface area contributed by atoms with Gasteiger partial charge in [0.25, 0.3) is 0 Å². The zero-order valence-corrected chi connectivity index (χ0v) is 19.4. The van der Waals surface area contributed by atoms with Gasteiger partial charge in [-0.25, -0.2) is 18.4 Å². The van der Waals surface area contributed by atoms with Gasteiger partial charge >= 0.3 is 6.03 Å². The Morgan fingerprint density at radius 2 is 1.94 bits per heavy atom. The van der Waals surface area contributed by atoms with Crippen LogP contribution in [0.1, 0.15) is 58.3 Å². The van der Waals surface area contributed by atoms with Gasteiger partial charge in [-0.15, -0.1) is 0 Å². The molecule has 3 rings (SSSR count). The number of sulfonamides is 1. The van der Waals surface area contributed by atoms with Crippen LogP contribution in [0.3, 0.4) is 0 Å². The molecule has 0 bridgehead atoms. The third-order valence-corrected chi connectivity index (χ3v) is 8.34. The summed E-state index contributed by atoms with van der Waals surface area (Å²) in [5.74, 6) is -1.67. The molecular weight excluding hydrogens is 436 g/mol. The molecule has 2 aliphatic carbocycles. The second kappa shape index (κ2) is 8.93. The number of allylic oxidation sites excluding steroid dienone is 1. The van der Waals surface area contributed by atoms with Crippen molar-refractivity contribution < 1.29 is 27.6 Å². The highest BCUT2D eigenvalue weighted by molar-refractivity contribution is 7.91. The summed E-state index contributed by atoms with van der Waals surface area (Å²) in [5, 5.41) is 10.8. The van der Waals surface area contributed by atoms with Gasteiger partial charge in [-0.1, -0.05) is 12.2 Å². The molecule has 3 unspecified atom stereocenters. The van der Waals surface area contributed by atoms with Gasteiger partial charge in [-0.3, -0.25) is 9.59 Å². The standard InChI is InChI=1S/C21H32N4O6S/c1-14(26)8-9-16-17(27)24-21(18(28)20(10-11-20)32(22,30)31)13-15(21)7-5-3-4-6-12-25(2)19(29)23-16/h5,7,15-16H,3-4,6,8-13H2,1-2H3,(H,23,29)(H,24,27)(H2,22,30,31). The number of nitrogens with one attached hydrogen (secondary N) is 2. The molecule has 178 valence electrons. The fourth-order valence-electron chi connectivity index (χ4n) is 4.30. The predicted octanol–water partition coefficient (Wildman–Crippen LogP) is 0.371. The van der Waals surface area contributed by atoms with Crippen molar-refractivity contribution in [2.75, 3.05) is 13.6 Å². The predicted molar refractivity (Wildman–Crippen MR) is 117 cm³/mol. The van der Waals surface area contributed by atoms with Crippen molar-refractivity contribution in [2.24, 2.45) is 11.1 Å². The summed E-state index contributed by atoms with van der Waals surface area (Å²) in [6, 6.07) is -1.48. The molecule has 4 N–H and O–H groups in total. The number of ketones is 2. The molecule has 3 aliphatic rings. The van der Waals surface area contributed by atoms with Gasteiger partial charge in [0.1, 0.15) is 22.1 Å². The fraction of sp³-hybridized carbons (Fsp3) is 0.714. The number of urea groups is 1. The van der Waals surface area contributed by atoms with Gasteiger partial charge < -0.3 is 20.3 Å². The number of nitrogens with zero attached hydrogens (tertiary/aromatic N) is 1. The Labute approximate surface area is 188 Å². The van der Waals surface area contributed by atoms with Crippen LogP contribution in [-0.2, 0) is 24.4 Å². The number of carbonyl (C=O) groups excluding carboxylic acids is 4. The zero-order valence-electron chi connectivity index (χ0n) is 18.6. The highest BCUT2D eigenvalue weighted by Crippen LogP contribution is 2.55. The SMILES string of the molecule is CC(=O)CCC1NC(=O)N(C)CCCCC=CC2CC2(C(=O)C2(S(N)(=O)=O)CC2)NC1=O. The maximum atomic E-state index is 13.4. The first-order valence-corrected chi connectivity index (χ1v) is 12.5. The minimum absolute atomic E-state index is 0.0753. The lowest BCUT2D eigenvalue weighted by atomic mass is 10.0. The minimum atomic E-state index is -4.13. The van der Waals surface area contributed by atoms with Crippen molar-refractivity contribution >= 4 is 33.5 Å². The Kier molecular flexibility index (Phi) is 6.80. The molecule has 10 nitrogen and oxygen atoms in total. The number of hydrogen-bond acceptors (Lipinski definition) is 6. The number of primary sulfonamides is 1. The molecule has 1 aliphatic heterocycles. The minimum Gasteiger partial charge on any atom is -0.341 e. The van der Waals surface area contributed by atoms with Crippen molar-refractivity contribution in [3.8, 4) is 0 Å². The van der Waals surface area contributed by atoms with Gasteiger partial charge in [-0.2, -0.15) is 0 Å². The first-order valence-electron chi connectivity index (χ1n) is 11.0. The third-order valence-electron chi connectivity index (χ3n) is 6.66. The highest BCUT2D eigenvalue weighted by atomic mass is 32.2. The number of carbonyl (C=O) groups is 4. The largest absolute Gasteiger partial charge is 0.341 e. The van der Waals surface area contributed by atoms with E-state index in [0.717, 1.165) is 19.3 Å². The number of rotatable bonds is 6. The topological polar surface area (TPSA) is 156 Å². The monoisotopic (exact) mass is 468 g/mol. The van der Waals surface area contributed by atoms with Crippen molar-refractivity contribution in [3.63, 3.8) is 0 Å². The lowest BCUT2D eigenvalue weighted by Crippen LogP contribution is -2.58. The maximum absolute atomic E-state index is 13.4. The second-order valence-corrected chi connectivity index (χ2v) is 11.1. The van der Waals surface area contributed by atoms with E-state index in [1.54, 1.807) is 7.05 Å². The lowest BCUT2D eigenvalue weighted by molar-refractivity contribution is -0.130. The van der Waals surface area contributed by atoms with E-state index in [9.17, 15) is 27.6 Å². The molecule has 0 spiro atoms. The Balaban J connectivity index is 1.90. The molecule has 0 aromatic carbocycles. The Morgan fingerprint density at radius 1 is 1.25 bits per heavy atom. The summed E-state index contributed by atoms with van der Waals surface area (Å²) in [6.45, 7) is 1.91. The molecule has 3 amide bonds. The molecule has 32 heavy (non-hydrogen) atoms. The molecule has 1 heterocycles. The molecule has 0 aromatic heterocycles. The summed E-state index contributed by atoms with van der Waals surface area (Å²) in [4.78, 5) is 52.1. The molecular formula is C21H32N4O6S. The van der Waals surface area contributed by atoms with Crippen LogP contribution >= 0.6 is 0 Å². The van der Waals surface area contributed by atoms with E-state index in [-0.39, 0.29) is 43.8 Å². The van der Waals surface area contributed by atoms with E-state index in [0.29, 0.717) is 6.54 Å². The molecule has 2 fully saturated rings. The van der Waals surface area contributed by atoms with Gasteiger partial charge in [0.2, 0.25) is 15.9 Å². The fourth-order valence-corrected chi connectivity index (χ4v) is 5.41. The second-order valence-electron chi connectivity index (χ2n) is 9.23. The summed E-state index contributed by atoms with van der Waals surface area (Å²) in [5.41, 5.74) is -1.37. The molecule has 3 atom stereocenters. The van der Waals surface area contributed by atoms with E-state index in [2.05, 4.69) is 10.6 Å².